The van der Waals surface area contributed by atoms with Crippen LogP contribution < -0.4 is 4.74 Å². The van der Waals surface area contributed by atoms with Crippen molar-refractivity contribution in [2.75, 3.05) is 7.11 Å². The van der Waals surface area contributed by atoms with Gasteiger partial charge in [-0.1, -0.05) is 24.4 Å². The SMILES string of the molecule is COc1ccc(C(O)=C2C(=O)C(=O)N(Cc3cc(C)on3)C2C2CCCCC2)cc1. The number of ether oxygens (including phenoxy) is 1. The van der Waals surface area contributed by atoms with Crippen LogP contribution in [0.5, 0.6) is 5.75 Å². The summed E-state index contributed by atoms with van der Waals surface area (Å²) < 4.78 is 10.3. The Balaban J connectivity index is 1.76. The van der Waals surface area contributed by atoms with E-state index in [1.165, 1.54) is 0 Å². The standard InChI is InChI=1S/C23H26N2O5/c1-14-12-17(24-30-14)13-25-20(15-6-4-3-5-7-15)19(22(27)23(25)28)21(26)16-8-10-18(29-2)11-9-16/h8-12,15,20,26H,3-7,13H2,1-2H3. The third-order valence-electron chi connectivity index (χ3n) is 6.06. The van der Waals surface area contributed by atoms with Crippen molar-refractivity contribution in [1.82, 2.24) is 10.1 Å². The topological polar surface area (TPSA) is 92.9 Å². The molecule has 1 unspecified atom stereocenters. The smallest absolute Gasteiger partial charge is 0.295 e. The average Bonchev–Trinajstić information content (AvgIpc) is 3.30. The first-order valence-electron chi connectivity index (χ1n) is 10.3. The van der Waals surface area contributed by atoms with Gasteiger partial charge >= 0.3 is 0 Å². The number of amides is 1. The number of hydrogen-bond acceptors (Lipinski definition) is 6. The summed E-state index contributed by atoms with van der Waals surface area (Å²) >= 11 is 0. The van der Waals surface area contributed by atoms with E-state index in [9.17, 15) is 14.7 Å². The van der Waals surface area contributed by atoms with Crippen LogP contribution in [0.25, 0.3) is 5.76 Å². The maximum absolute atomic E-state index is 13.0. The van der Waals surface area contributed by atoms with E-state index < -0.39 is 17.7 Å². The third-order valence-corrected chi connectivity index (χ3v) is 6.06. The lowest BCUT2D eigenvalue weighted by Gasteiger charge is -2.33. The van der Waals surface area contributed by atoms with Gasteiger partial charge in [-0.05, 0) is 49.9 Å². The number of ketones is 1. The number of nitrogens with zero attached hydrogens (tertiary/aromatic N) is 2. The van der Waals surface area contributed by atoms with Gasteiger partial charge in [0, 0.05) is 11.6 Å². The highest BCUT2D eigenvalue weighted by Crippen LogP contribution is 2.39. The van der Waals surface area contributed by atoms with Gasteiger partial charge in [0.1, 0.15) is 23.0 Å². The largest absolute Gasteiger partial charge is 0.507 e. The van der Waals surface area contributed by atoms with Gasteiger partial charge in [0.15, 0.2) is 0 Å². The highest BCUT2D eigenvalue weighted by Gasteiger charge is 2.48. The van der Waals surface area contributed by atoms with E-state index in [2.05, 4.69) is 5.16 Å². The zero-order valence-electron chi connectivity index (χ0n) is 17.3. The molecule has 2 fully saturated rings. The predicted octanol–water partition coefficient (Wildman–Crippen LogP) is 3.82. The number of rotatable bonds is 5. The first-order valence-corrected chi connectivity index (χ1v) is 10.3. The number of benzene rings is 1. The van der Waals surface area contributed by atoms with E-state index in [1.807, 2.05) is 0 Å². The molecule has 1 aliphatic carbocycles. The lowest BCUT2D eigenvalue weighted by molar-refractivity contribution is -0.140. The molecule has 1 amide bonds. The van der Waals surface area contributed by atoms with Crippen LogP contribution in [-0.2, 0) is 16.1 Å². The number of aromatic nitrogens is 1. The van der Waals surface area contributed by atoms with Gasteiger partial charge in [0.2, 0.25) is 0 Å². The molecular weight excluding hydrogens is 384 g/mol. The molecule has 2 aromatic rings. The van der Waals surface area contributed by atoms with E-state index in [4.69, 9.17) is 9.26 Å². The second-order valence-corrected chi connectivity index (χ2v) is 8.02. The van der Waals surface area contributed by atoms with E-state index in [-0.39, 0.29) is 23.8 Å². The van der Waals surface area contributed by atoms with Crippen LogP contribution in [0.2, 0.25) is 0 Å². The summed E-state index contributed by atoms with van der Waals surface area (Å²) in [6, 6.07) is 8.13. The molecule has 1 saturated heterocycles. The quantitative estimate of drug-likeness (QED) is 0.458. The monoisotopic (exact) mass is 410 g/mol. The summed E-state index contributed by atoms with van der Waals surface area (Å²) in [6.07, 6.45) is 5.09. The Bertz CT molecular complexity index is 970. The molecule has 0 bridgehead atoms. The highest BCUT2D eigenvalue weighted by molar-refractivity contribution is 6.46. The Morgan fingerprint density at radius 2 is 1.90 bits per heavy atom. The van der Waals surface area contributed by atoms with Crippen LogP contribution in [0.1, 0.15) is 49.1 Å². The summed E-state index contributed by atoms with van der Waals surface area (Å²) in [5.74, 6) is 0.0506. The van der Waals surface area contributed by atoms with Crippen molar-refractivity contribution < 1.29 is 24.0 Å². The Labute approximate surface area is 175 Å². The lowest BCUT2D eigenvalue weighted by atomic mass is 9.80. The average molecular weight is 410 g/mol. The maximum atomic E-state index is 13.0. The number of carbonyl (C=O) groups is 2. The minimum Gasteiger partial charge on any atom is -0.507 e. The molecule has 1 saturated carbocycles. The van der Waals surface area contributed by atoms with Crippen molar-refractivity contribution in [2.24, 2.45) is 5.92 Å². The maximum Gasteiger partial charge on any atom is 0.295 e. The second kappa shape index (κ2) is 8.34. The first kappa shape index (κ1) is 20.2. The van der Waals surface area contributed by atoms with Crippen molar-refractivity contribution in [2.45, 2.75) is 51.6 Å². The molecule has 1 aliphatic heterocycles. The first-order chi connectivity index (χ1) is 14.5. The minimum absolute atomic E-state index is 0.123. The number of aliphatic hydroxyl groups is 1. The zero-order chi connectivity index (χ0) is 21.3. The lowest BCUT2D eigenvalue weighted by Crippen LogP contribution is -2.39. The van der Waals surface area contributed by atoms with E-state index in [0.29, 0.717) is 22.8 Å². The van der Waals surface area contributed by atoms with Crippen LogP contribution in [0.4, 0.5) is 0 Å². The van der Waals surface area contributed by atoms with Crippen LogP contribution in [0.3, 0.4) is 0 Å². The number of aliphatic hydroxyl groups excluding tert-OH is 1. The summed E-state index contributed by atoms with van der Waals surface area (Å²) in [5, 5.41) is 15.1. The fraction of sp³-hybridized carbons (Fsp3) is 0.435. The number of hydrogen-bond donors (Lipinski definition) is 1. The molecule has 7 nitrogen and oxygen atoms in total. The number of carbonyl (C=O) groups excluding carboxylic acids is 2. The Morgan fingerprint density at radius 1 is 1.20 bits per heavy atom. The van der Waals surface area contributed by atoms with Crippen LogP contribution in [0, 0.1) is 12.8 Å². The van der Waals surface area contributed by atoms with E-state index >= 15 is 0 Å². The van der Waals surface area contributed by atoms with Gasteiger partial charge in [-0.2, -0.15) is 0 Å². The summed E-state index contributed by atoms with van der Waals surface area (Å²) in [7, 11) is 1.56. The molecule has 30 heavy (non-hydrogen) atoms. The van der Waals surface area contributed by atoms with E-state index in [0.717, 1.165) is 32.1 Å². The molecule has 2 aliphatic rings. The van der Waals surface area contributed by atoms with E-state index in [1.54, 1.807) is 49.3 Å². The fourth-order valence-corrected chi connectivity index (χ4v) is 4.59. The predicted molar refractivity (Wildman–Crippen MR) is 110 cm³/mol. The molecule has 2 heterocycles. The number of Topliss-reactive ketones (excluding diaryl/α,β-unsaturated/α-hetero) is 1. The normalized spacial score (nSPS) is 21.9. The van der Waals surface area contributed by atoms with Crippen LogP contribution >= 0.6 is 0 Å². The molecule has 1 N–H and O–H groups in total. The number of methoxy groups -OCH3 is 1. The van der Waals surface area contributed by atoms with Gasteiger partial charge < -0.3 is 19.3 Å². The van der Waals surface area contributed by atoms with Crippen molar-refractivity contribution in [3.05, 3.63) is 52.9 Å². The number of likely N-dealkylation sites (tertiary alicyclic amines) is 1. The molecule has 4 rings (SSSR count). The molecular formula is C23H26N2O5. The molecule has 0 spiro atoms. The third kappa shape index (κ3) is 3.72. The molecule has 158 valence electrons. The van der Waals surface area contributed by atoms with Crippen molar-refractivity contribution in [3.63, 3.8) is 0 Å². The van der Waals surface area contributed by atoms with Gasteiger partial charge in [-0.3, -0.25) is 9.59 Å². The fourth-order valence-electron chi connectivity index (χ4n) is 4.59. The van der Waals surface area contributed by atoms with Crippen LogP contribution in [0.15, 0.2) is 40.4 Å². The molecule has 1 atom stereocenters. The Kier molecular flexibility index (Phi) is 5.61. The summed E-state index contributed by atoms with van der Waals surface area (Å²) in [6.45, 7) is 1.97. The molecule has 1 aromatic heterocycles. The van der Waals surface area contributed by atoms with Gasteiger partial charge in [0.05, 0.1) is 25.3 Å². The van der Waals surface area contributed by atoms with Gasteiger partial charge in [0.25, 0.3) is 11.7 Å². The highest BCUT2D eigenvalue weighted by atomic mass is 16.5. The Hall–Kier alpha value is -3.09. The minimum atomic E-state index is -0.640. The number of aryl methyl sites for hydroxylation is 1. The van der Waals surface area contributed by atoms with Crippen molar-refractivity contribution in [3.8, 4) is 5.75 Å². The van der Waals surface area contributed by atoms with Gasteiger partial charge in [-0.25, -0.2) is 0 Å². The summed E-state index contributed by atoms with van der Waals surface area (Å²) in [5.41, 5.74) is 1.28. The summed E-state index contributed by atoms with van der Waals surface area (Å²) in [4.78, 5) is 27.6. The molecule has 0 radical (unpaired) electrons. The van der Waals surface area contributed by atoms with Crippen molar-refractivity contribution >= 4 is 17.4 Å². The Morgan fingerprint density at radius 3 is 2.50 bits per heavy atom. The molecule has 1 aromatic carbocycles. The van der Waals surface area contributed by atoms with Gasteiger partial charge in [-0.15, -0.1) is 0 Å². The van der Waals surface area contributed by atoms with Crippen molar-refractivity contribution in [1.29, 1.82) is 0 Å². The zero-order valence-corrected chi connectivity index (χ0v) is 17.3. The second-order valence-electron chi connectivity index (χ2n) is 8.02. The van der Waals surface area contributed by atoms with Crippen LogP contribution in [-0.4, -0.2) is 40.0 Å². The molecule has 7 heteroatoms.